The Balaban J connectivity index is 2.34. The van der Waals surface area contributed by atoms with Gasteiger partial charge in [-0.05, 0) is 46.3 Å². The number of nitrogen functional groups attached to an aromatic ring is 1. The van der Waals surface area contributed by atoms with E-state index in [4.69, 9.17) is 10.9 Å². The van der Waals surface area contributed by atoms with E-state index in [-0.39, 0.29) is 10.6 Å². The lowest BCUT2D eigenvalue weighted by atomic mass is 10.2. The number of nitrogens with one attached hydrogen (secondary N) is 1. The molecule has 0 bridgehead atoms. The third kappa shape index (κ3) is 3.60. The Hall–Kier alpha value is -1.90. The Morgan fingerprint density at radius 3 is 2.43 bits per heavy atom. The van der Waals surface area contributed by atoms with Crippen LogP contribution in [0.5, 0.6) is 0 Å². The zero-order valence-corrected chi connectivity index (χ0v) is 13.1. The van der Waals surface area contributed by atoms with Gasteiger partial charge >= 0.3 is 0 Å². The molecule has 0 atom stereocenters. The van der Waals surface area contributed by atoms with Gasteiger partial charge in [-0.1, -0.05) is 12.1 Å². The minimum atomic E-state index is -3.92. The molecule has 110 valence electrons. The first-order valence-electron chi connectivity index (χ1n) is 5.77. The minimum absolute atomic E-state index is 0.123. The lowest BCUT2D eigenvalue weighted by Crippen LogP contribution is -2.18. The monoisotopic (exact) mass is 369 g/mol. The van der Waals surface area contributed by atoms with Crippen LogP contribution in [0.25, 0.3) is 0 Å². The van der Waals surface area contributed by atoms with Crippen LogP contribution in [0.3, 0.4) is 0 Å². The molecule has 0 unspecified atom stereocenters. The van der Waals surface area contributed by atoms with Gasteiger partial charge in [-0.25, -0.2) is 13.6 Å². The quantitative estimate of drug-likeness (QED) is 0.716. The number of nitrogens with two attached hydrogens (primary N) is 2. The number of primary sulfonamides is 1. The van der Waals surface area contributed by atoms with Gasteiger partial charge in [0.15, 0.2) is 0 Å². The highest BCUT2D eigenvalue weighted by Gasteiger charge is 2.16. The molecule has 2 rings (SSSR count). The molecule has 1 amide bonds. The van der Waals surface area contributed by atoms with Gasteiger partial charge in [-0.3, -0.25) is 4.79 Å². The molecule has 0 fully saturated rings. The number of hydrogen-bond acceptors (Lipinski definition) is 4. The molecule has 6 nitrogen and oxygen atoms in total. The fourth-order valence-corrected chi connectivity index (χ4v) is 2.75. The van der Waals surface area contributed by atoms with Crippen LogP contribution in [0.15, 0.2) is 51.8 Å². The first-order valence-corrected chi connectivity index (χ1v) is 8.11. The summed E-state index contributed by atoms with van der Waals surface area (Å²) in [6.07, 6.45) is 0. The first-order chi connectivity index (χ1) is 9.79. The molecule has 2 aromatic rings. The van der Waals surface area contributed by atoms with Crippen molar-refractivity contribution in [2.75, 3.05) is 11.1 Å². The minimum Gasteiger partial charge on any atom is -0.398 e. The number of para-hydroxylation sites is 1. The third-order valence-electron chi connectivity index (χ3n) is 2.70. The number of carbonyl (C=O) groups is 1. The van der Waals surface area contributed by atoms with E-state index in [1.807, 2.05) is 0 Å². The Kier molecular flexibility index (Phi) is 4.31. The van der Waals surface area contributed by atoms with Gasteiger partial charge in [0.25, 0.3) is 5.91 Å². The normalized spacial score (nSPS) is 11.1. The molecule has 0 spiro atoms. The summed E-state index contributed by atoms with van der Waals surface area (Å²) < 4.78 is 23.5. The Bertz CT molecular complexity index is 806. The van der Waals surface area contributed by atoms with Crippen LogP contribution in [0, 0.1) is 0 Å². The number of anilines is 2. The largest absolute Gasteiger partial charge is 0.398 e. The highest BCUT2D eigenvalue weighted by Crippen LogP contribution is 2.23. The van der Waals surface area contributed by atoms with E-state index < -0.39 is 15.9 Å². The maximum Gasteiger partial charge on any atom is 0.255 e. The summed E-state index contributed by atoms with van der Waals surface area (Å²) >= 11 is 3.23. The molecule has 5 N–H and O–H groups in total. The molecule has 0 aliphatic rings. The zero-order valence-electron chi connectivity index (χ0n) is 10.7. The van der Waals surface area contributed by atoms with Crippen molar-refractivity contribution in [3.8, 4) is 0 Å². The van der Waals surface area contributed by atoms with E-state index in [1.165, 1.54) is 24.3 Å². The molecular formula is C13H12BrN3O3S. The summed E-state index contributed by atoms with van der Waals surface area (Å²) in [5.41, 5.74) is 6.60. The second-order valence-electron chi connectivity index (χ2n) is 4.23. The van der Waals surface area contributed by atoms with Gasteiger partial charge in [-0.15, -0.1) is 0 Å². The zero-order chi connectivity index (χ0) is 15.6. The summed E-state index contributed by atoms with van der Waals surface area (Å²) in [4.78, 5) is 12.0. The first kappa shape index (κ1) is 15.5. The van der Waals surface area contributed by atoms with Crippen molar-refractivity contribution >= 4 is 43.2 Å². The molecular weight excluding hydrogens is 358 g/mol. The highest BCUT2D eigenvalue weighted by molar-refractivity contribution is 9.10. The maximum absolute atomic E-state index is 12.1. The van der Waals surface area contributed by atoms with E-state index in [0.29, 0.717) is 15.7 Å². The number of benzene rings is 2. The van der Waals surface area contributed by atoms with Crippen molar-refractivity contribution in [2.45, 2.75) is 4.90 Å². The lowest BCUT2D eigenvalue weighted by molar-refractivity contribution is 0.102. The molecule has 8 heteroatoms. The average Bonchev–Trinajstić information content (AvgIpc) is 2.41. The van der Waals surface area contributed by atoms with Gasteiger partial charge in [0.1, 0.15) is 4.90 Å². The van der Waals surface area contributed by atoms with E-state index in [9.17, 15) is 13.2 Å². The summed E-state index contributed by atoms with van der Waals surface area (Å²) in [7, 11) is -3.92. The van der Waals surface area contributed by atoms with Crippen molar-refractivity contribution in [3.63, 3.8) is 0 Å². The van der Waals surface area contributed by atoms with Crippen LogP contribution in [0.1, 0.15) is 10.4 Å². The summed E-state index contributed by atoms with van der Waals surface area (Å²) in [6.45, 7) is 0. The van der Waals surface area contributed by atoms with Crippen LogP contribution >= 0.6 is 15.9 Å². The van der Waals surface area contributed by atoms with Gasteiger partial charge in [-0.2, -0.15) is 0 Å². The summed E-state index contributed by atoms with van der Waals surface area (Å²) in [5, 5.41) is 7.63. The fourth-order valence-electron chi connectivity index (χ4n) is 1.68. The average molecular weight is 370 g/mol. The third-order valence-corrected chi connectivity index (χ3v) is 4.36. The van der Waals surface area contributed by atoms with Gasteiger partial charge in [0.05, 0.1) is 5.69 Å². The predicted octanol–water partition coefficient (Wildman–Crippen LogP) is 1.93. The molecule has 0 saturated heterocycles. The van der Waals surface area contributed by atoms with Gasteiger partial charge in [0, 0.05) is 15.7 Å². The summed E-state index contributed by atoms with van der Waals surface area (Å²) in [6, 6.07) is 10.6. The van der Waals surface area contributed by atoms with Gasteiger partial charge < -0.3 is 11.1 Å². The lowest BCUT2D eigenvalue weighted by Gasteiger charge is -2.10. The molecule has 0 heterocycles. The van der Waals surface area contributed by atoms with Crippen molar-refractivity contribution in [1.29, 1.82) is 0 Å². The van der Waals surface area contributed by atoms with Gasteiger partial charge in [0.2, 0.25) is 10.0 Å². The number of rotatable bonds is 3. The number of hydrogen-bond donors (Lipinski definition) is 3. The van der Waals surface area contributed by atoms with E-state index in [0.717, 1.165) is 0 Å². The summed E-state index contributed by atoms with van der Waals surface area (Å²) in [5.74, 6) is -0.466. The van der Waals surface area contributed by atoms with E-state index >= 15 is 0 Å². The molecule has 21 heavy (non-hydrogen) atoms. The Labute approximate surface area is 130 Å². The molecule has 0 saturated carbocycles. The number of halogens is 1. The van der Waals surface area contributed by atoms with Crippen LogP contribution < -0.4 is 16.2 Å². The smallest absolute Gasteiger partial charge is 0.255 e. The number of carbonyl (C=O) groups excluding carboxylic acids is 1. The van der Waals surface area contributed by atoms with Crippen molar-refractivity contribution in [1.82, 2.24) is 0 Å². The van der Waals surface area contributed by atoms with Crippen LogP contribution in [0.4, 0.5) is 11.4 Å². The molecule has 0 aliphatic heterocycles. The maximum atomic E-state index is 12.1. The van der Waals surface area contributed by atoms with Crippen LogP contribution in [-0.4, -0.2) is 14.3 Å². The SMILES string of the molecule is Nc1ccc(C(=O)Nc2ccccc2S(N)(=O)=O)cc1Br. The Morgan fingerprint density at radius 2 is 1.81 bits per heavy atom. The number of amides is 1. The molecule has 0 aromatic heterocycles. The number of sulfonamides is 1. The fraction of sp³-hybridized carbons (Fsp3) is 0. The second-order valence-corrected chi connectivity index (χ2v) is 6.62. The van der Waals surface area contributed by atoms with Crippen LogP contribution in [0.2, 0.25) is 0 Å². The van der Waals surface area contributed by atoms with Crippen molar-refractivity contribution in [2.24, 2.45) is 5.14 Å². The van der Waals surface area contributed by atoms with E-state index in [2.05, 4.69) is 21.2 Å². The predicted molar refractivity (Wildman–Crippen MR) is 84.3 cm³/mol. The van der Waals surface area contributed by atoms with E-state index in [1.54, 1.807) is 18.2 Å². The topological polar surface area (TPSA) is 115 Å². The molecule has 2 aromatic carbocycles. The highest BCUT2D eigenvalue weighted by atomic mass is 79.9. The standard InChI is InChI=1S/C13H12BrN3O3S/c14-9-7-8(5-6-10(9)15)13(18)17-11-3-1-2-4-12(11)21(16,19)20/h1-7H,15H2,(H,17,18)(H2,16,19,20). The molecule has 0 aliphatic carbocycles. The van der Waals surface area contributed by atoms with Crippen molar-refractivity contribution in [3.05, 3.63) is 52.5 Å². The molecule has 0 radical (unpaired) electrons. The van der Waals surface area contributed by atoms with Crippen LogP contribution in [-0.2, 0) is 10.0 Å². The Morgan fingerprint density at radius 1 is 1.14 bits per heavy atom. The second kappa shape index (κ2) is 5.84. The van der Waals surface area contributed by atoms with Crippen molar-refractivity contribution < 1.29 is 13.2 Å².